The molecule has 0 fully saturated rings. The van der Waals surface area contributed by atoms with Gasteiger partial charge in [0.05, 0.1) is 6.04 Å². The first kappa shape index (κ1) is 24.2. The molecule has 2 atom stereocenters. The van der Waals surface area contributed by atoms with Crippen LogP contribution < -0.4 is 10.6 Å². The molecule has 0 saturated heterocycles. The molecule has 6 nitrogen and oxygen atoms in total. The number of carbonyl (C=O) groups is 1. The van der Waals surface area contributed by atoms with E-state index in [4.69, 9.17) is 0 Å². The van der Waals surface area contributed by atoms with E-state index in [2.05, 4.69) is 57.0 Å². The molecule has 2 unspecified atom stereocenters. The Kier molecular flexibility index (Phi) is 5.86. The Morgan fingerprint density at radius 1 is 0.925 bits per heavy atom. The second-order valence-electron chi connectivity index (χ2n) is 10.3. The number of halogens is 1. The van der Waals surface area contributed by atoms with Gasteiger partial charge in [0.25, 0.3) is 5.91 Å². The molecule has 0 spiro atoms. The first-order chi connectivity index (χ1) is 19.5. The van der Waals surface area contributed by atoms with Gasteiger partial charge in [-0.2, -0.15) is 0 Å². The summed E-state index contributed by atoms with van der Waals surface area (Å²) < 4.78 is 14.2. The first-order valence-electron chi connectivity index (χ1n) is 13.3. The van der Waals surface area contributed by atoms with Gasteiger partial charge in [-0.25, -0.2) is 4.39 Å². The van der Waals surface area contributed by atoms with Crippen LogP contribution in [0.3, 0.4) is 0 Å². The number of phenols is 1. The number of phenolic OH excluding ortho intramolecular Hbond substituents is 1. The highest BCUT2D eigenvalue weighted by Crippen LogP contribution is 2.39. The number of rotatable bonds is 7. The minimum atomic E-state index is -0.478. The predicted octanol–water partition coefficient (Wildman–Crippen LogP) is 6.40. The predicted molar refractivity (Wildman–Crippen MR) is 154 cm³/mol. The van der Waals surface area contributed by atoms with Crippen molar-refractivity contribution in [2.24, 2.45) is 0 Å². The molecular weight excluding hydrogens is 503 g/mol. The minimum Gasteiger partial charge on any atom is -0.508 e. The fourth-order valence-corrected chi connectivity index (χ4v) is 5.89. The van der Waals surface area contributed by atoms with E-state index in [1.807, 2.05) is 24.4 Å². The summed E-state index contributed by atoms with van der Waals surface area (Å²) in [5.74, 6) is -0.445. The highest BCUT2D eigenvalue weighted by atomic mass is 19.1. The topological polar surface area (TPSA) is 92.9 Å². The Morgan fingerprint density at radius 3 is 2.67 bits per heavy atom. The Bertz CT molecular complexity index is 1870. The molecule has 198 valence electrons. The molecule has 7 rings (SSSR count). The number of aromatic nitrogens is 2. The quantitative estimate of drug-likeness (QED) is 0.165. The SMILES string of the molecule is O=C1NC(c2c(CNC(Cc3ccccc3)c3ccc4cc[nH]c4c3)[nH]c3cc(F)ccc23)c2cc(O)ccc21. The lowest BCUT2D eigenvalue weighted by Gasteiger charge is -2.21. The molecule has 1 aliphatic rings. The number of hydrogen-bond acceptors (Lipinski definition) is 3. The molecule has 1 aliphatic heterocycles. The van der Waals surface area contributed by atoms with Crippen LogP contribution in [-0.2, 0) is 13.0 Å². The molecule has 0 bridgehead atoms. The largest absolute Gasteiger partial charge is 0.508 e. The van der Waals surface area contributed by atoms with Gasteiger partial charge < -0.3 is 25.7 Å². The number of fused-ring (bicyclic) bond motifs is 3. The maximum Gasteiger partial charge on any atom is 0.252 e. The highest BCUT2D eigenvalue weighted by molar-refractivity contribution is 6.01. The number of hydrogen-bond donors (Lipinski definition) is 5. The highest BCUT2D eigenvalue weighted by Gasteiger charge is 2.33. The number of aromatic hydroxyl groups is 1. The molecule has 4 aromatic carbocycles. The molecule has 0 aliphatic carbocycles. The Labute approximate surface area is 229 Å². The molecule has 6 aromatic rings. The molecule has 0 radical (unpaired) electrons. The zero-order valence-corrected chi connectivity index (χ0v) is 21.5. The van der Waals surface area contributed by atoms with Crippen molar-refractivity contribution in [3.63, 3.8) is 0 Å². The second kappa shape index (κ2) is 9.70. The molecule has 1 amide bonds. The summed E-state index contributed by atoms with van der Waals surface area (Å²) in [6, 6.07) is 27.8. The van der Waals surface area contributed by atoms with Crippen LogP contribution in [0.1, 0.15) is 50.4 Å². The molecule has 3 heterocycles. The van der Waals surface area contributed by atoms with Crippen molar-refractivity contribution in [2.45, 2.75) is 25.0 Å². The van der Waals surface area contributed by atoms with E-state index in [9.17, 15) is 14.3 Å². The summed E-state index contributed by atoms with van der Waals surface area (Å²) in [6.45, 7) is 0.451. The zero-order chi connectivity index (χ0) is 27.2. The van der Waals surface area contributed by atoms with Gasteiger partial charge in [-0.1, -0.05) is 42.5 Å². The smallest absolute Gasteiger partial charge is 0.252 e. The summed E-state index contributed by atoms with van der Waals surface area (Å²) in [4.78, 5) is 19.6. The fraction of sp³-hybridized carbons (Fsp3) is 0.121. The minimum absolute atomic E-state index is 0.0133. The van der Waals surface area contributed by atoms with Gasteiger partial charge in [-0.15, -0.1) is 0 Å². The third-order valence-corrected chi connectivity index (χ3v) is 7.83. The number of benzene rings is 4. The van der Waals surface area contributed by atoms with Gasteiger partial charge >= 0.3 is 0 Å². The maximum absolute atomic E-state index is 14.2. The van der Waals surface area contributed by atoms with Crippen molar-refractivity contribution in [1.29, 1.82) is 0 Å². The van der Waals surface area contributed by atoms with Crippen LogP contribution in [0, 0.1) is 5.82 Å². The van der Waals surface area contributed by atoms with Gasteiger partial charge in [0.15, 0.2) is 0 Å². The average Bonchev–Trinajstić information content (AvgIpc) is 3.66. The van der Waals surface area contributed by atoms with Crippen LogP contribution in [0.4, 0.5) is 4.39 Å². The lowest BCUT2D eigenvalue weighted by Crippen LogP contribution is -2.25. The van der Waals surface area contributed by atoms with Crippen LogP contribution in [0.25, 0.3) is 21.8 Å². The molecule has 0 saturated carbocycles. The number of H-pyrrole nitrogens is 2. The van der Waals surface area contributed by atoms with Crippen LogP contribution in [0.2, 0.25) is 0 Å². The van der Waals surface area contributed by atoms with E-state index in [0.717, 1.165) is 39.5 Å². The van der Waals surface area contributed by atoms with Crippen molar-refractivity contribution < 1.29 is 14.3 Å². The lowest BCUT2D eigenvalue weighted by atomic mass is 9.94. The van der Waals surface area contributed by atoms with Crippen LogP contribution in [0.15, 0.2) is 97.2 Å². The Morgan fingerprint density at radius 2 is 1.80 bits per heavy atom. The van der Waals surface area contributed by atoms with Gasteiger partial charge in [-0.05, 0) is 77.0 Å². The average molecular weight is 531 g/mol. The third-order valence-electron chi connectivity index (χ3n) is 7.83. The van der Waals surface area contributed by atoms with E-state index in [-0.39, 0.29) is 23.5 Å². The summed E-state index contributed by atoms with van der Waals surface area (Å²) >= 11 is 0. The van der Waals surface area contributed by atoms with Crippen LogP contribution in [-0.4, -0.2) is 21.0 Å². The van der Waals surface area contributed by atoms with E-state index in [1.165, 1.54) is 23.8 Å². The maximum atomic E-state index is 14.2. The fourth-order valence-electron chi connectivity index (χ4n) is 5.89. The molecule has 7 heteroatoms. The molecule has 5 N–H and O–H groups in total. The van der Waals surface area contributed by atoms with Gasteiger partial charge in [-0.3, -0.25) is 4.79 Å². The summed E-state index contributed by atoms with van der Waals surface area (Å²) in [6.07, 6.45) is 2.71. The summed E-state index contributed by atoms with van der Waals surface area (Å²) in [5.41, 5.74) is 7.02. The van der Waals surface area contributed by atoms with E-state index in [1.54, 1.807) is 18.2 Å². The summed E-state index contributed by atoms with van der Waals surface area (Å²) in [7, 11) is 0. The second-order valence-corrected chi connectivity index (χ2v) is 10.3. The van der Waals surface area contributed by atoms with Crippen molar-refractivity contribution in [3.05, 3.63) is 137 Å². The van der Waals surface area contributed by atoms with Gasteiger partial charge in [0.2, 0.25) is 0 Å². The first-order valence-corrected chi connectivity index (χ1v) is 13.3. The molecule has 2 aromatic heterocycles. The number of aromatic amines is 2. The van der Waals surface area contributed by atoms with Crippen molar-refractivity contribution >= 4 is 27.7 Å². The molecule has 40 heavy (non-hydrogen) atoms. The Hall–Kier alpha value is -4.88. The van der Waals surface area contributed by atoms with Gasteiger partial charge in [0.1, 0.15) is 11.6 Å². The third kappa shape index (κ3) is 4.30. The summed E-state index contributed by atoms with van der Waals surface area (Å²) in [5, 5.41) is 19.0. The standard InChI is InChI=1S/C33H27FN4O2/c34-22-8-10-25-29(16-22)37-30(31(25)32-26-17-23(39)9-11-24(26)33(40)38-32)18-36-27(14-19-4-2-1-3-5-19)21-7-6-20-12-13-35-28(20)15-21/h1-13,15-17,27,32,35-37,39H,14,18H2,(H,38,40). The number of nitrogens with one attached hydrogen (secondary N) is 4. The Balaban J connectivity index is 1.29. The van der Waals surface area contributed by atoms with E-state index in [0.29, 0.717) is 23.2 Å². The monoisotopic (exact) mass is 530 g/mol. The van der Waals surface area contributed by atoms with E-state index < -0.39 is 6.04 Å². The number of amides is 1. The van der Waals surface area contributed by atoms with Crippen LogP contribution in [0.5, 0.6) is 5.75 Å². The van der Waals surface area contributed by atoms with Crippen molar-refractivity contribution in [1.82, 2.24) is 20.6 Å². The van der Waals surface area contributed by atoms with Gasteiger partial charge in [0, 0.05) is 52.0 Å². The lowest BCUT2D eigenvalue weighted by molar-refractivity contribution is 0.0960. The normalized spacial score (nSPS) is 15.4. The van der Waals surface area contributed by atoms with E-state index >= 15 is 0 Å². The zero-order valence-electron chi connectivity index (χ0n) is 21.5. The number of carbonyl (C=O) groups excluding carboxylic acids is 1. The molecular formula is C33H27FN4O2. The van der Waals surface area contributed by atoms with Crippen LogP contribution >= 0.6 is 0 Å². The van der Waals surface area contributed by atoms with Crippen molar-refractivity contribution in [2.75, 3.05) is 0 Å². The van der Waals surface area contributed by atoms with Crippen molar-refractivity contribution in [3.8, 4) is 5.75 Å².